The first-order valence-electron chi connectivity index (χ1n) is 6.89. The number of rotatable bonds is 8. The lowest BCUT2D eigenvalue weighted by Gasteiger charge is -2.22. The third kappa shape index (κ3) is 6.81. The molecule has 0 bridgehead atoms. The van der Waals surface area contributed by atoms with Gasteiger partial charge < -0.3 is 15.1 Å². The van der Waals surface area contributed by atoms with Crippen LogP contribution in [0.4, 0.5) is 0 Å². The zero-order chi connectivity index (χ0) is 12.7. The molecule has 0 aromatic carbocycles. The molecule has 0 amide bonds. The van der Waals surface area contributed by atoms with Crippen molar-refractivity contribution in [3.8, 4) is 0 Å². The fraction of sp³-hybridized carbons (Fsp3) is 0.857. The van der Waals surface area contributed by atoms with Crippen LogP contribution in [-0.2, 0) is 0 Å². The van der Waals surface area contributed by atoms with Crippen LogP contribution in [0.3, 0.4) is 0 Å². The summed E-state index contributed by atoms with van der Waals surface area (Å²) in [7, 11) is 2.19. The molecule has 1 N–H and O–H groups in total. The second kappa shape index (κ2) is 7.85. The zero-order valence-electron chi connectivity index (χ0n) is 11.8. The summed E-state index contributed by atoms with van der Waals surface area (Å²) >= 11 is 0. The Morgan fingerprint density at radius 2 is 2.00 bits per heavy atom. The minimum absolute atomic E-state index is 0.543. The van der Waals surface area contributed by atoms with E-state index in [1.165, 1.54) is 38.0 Å². The lowest BCUT2D eigenvalue weighted by Crippen LogP contribution is -2.34. The van der Waals surface area contributed by atoms with E-state index in [0.29, 0.717) is 6.04 Å². The fourth-order valence-electron chi connectivity index (χ4n) is 2.18. The topological polar surface area (TPSA) is 18.5 Å². The number of likely N-dealkylation sites (tertiary alicyclic amines) is 1. The van der Waals surface area contributed by atoms with Gasteiger partial charge in [-0.25, -0.2) is 0 Å². The third-order valence-corrected chi connectivity index (χ3v) is 3.25. The van der Waals surface area contributed by atoms with E-state index < -0.39 is 0 Å². The molecule has 1 aliphatic heterocycles. The molecule has 1 aliphatic rings. The minimum Gasteiger partial charge on any atom is -0.311 e. The van der Waals surface area contributed by atoms with Crippen LogP contribution in [0.5, 0.6) is 0 Å². The number of nitrogens with one attached hydrogen (secondary N) is 1. The van der Waals surface area contributed by atoms with E-state index in [-0.39, 0.29) is 0 Å². The van der Waals surface area contributed by atoms with Crippen molar-refractivity contribution in [3.63, 3.8) is 0 Å². The molecule has 17 heavy (non-hydrogen) atoms. The molecule has 1 rings (SSSR count). The van der Waals surface area contributed by atoms with Gasteiger partial charge in [0.05, 0.1) is 0 Å². The molecule has 0 atom stereocenters. The average Bonchev–Trinajstić information content (AvgIpc) is 2.76. The SMILES string of the molecule is C=C(CNC(C)C)CN(C)CCN1CCCC1. The lowest BCUT2D eigenvalue weighted by atomic mass is 10.2. The highest BCUT2D eigenvalue weighted by Gasteiger charge is 2.11. The highest BCUT2D eigenvalue weighted by atomic mass is 15.2. The molecule has 0 unspecified atom stereocenters. The standard InChI is InChI=1S/C14H29N3/c1-13(2)15-11-14(3)12-16(4)9-10-17-7-5-6-8-17/h13,15H,3,5-12H2,1-2,4H3. The summed E-state index contributed by atoms with van der Waals surface area (Å²) in [5.74, 6) is 0. The Bertz CT molecular complexity index is 220. The van der Waals surface area contributed by atoms with Crippen molar-refractivity contribution in [3.05, 3.63) is 12.2 Å². The number of hydrogen-bond acceptors (Lipinski definition) is 3. The highest BCUT2D eigenvalue weighted by Crippen LogP contribution is 2.06. The smallest absolute Gasteiger partial charge is 0.0200 e. The van der Waals surface area contributed by atoms with Gasteiger partial charge in [-0.2, -0.15) is 0 Å². The second-order valence-corrected chi connectivity index (χ2v) is 5.57. The second-order valence-electron chi connectivity index (χ2n) is 5.57. The van der Waals surface area contributed by atoms with Crippen LogP contribution in [0.2, 0.25) is 0 Å². The van der Waals surface area contributed by atoms with Crippen molar-refractivity contribution in [1.29, 1.82) is 0 Å². The molecule has 1 fully saturated rings. The average molecular weight is 239 g/mol. The van der Waals surface area contributed by atoms with Gasteiger partial charge in [0.1, 0.15) is 0 Å². The van der Waals surface area contributed by atoms with E-state index >= 15 is 0 Å². The van der Waals surface area contributed by atoms with Gasteiger partial charge in [0.2, 0.25) is 0 Å². The third-order valence-electron chi connectivity index (χ3n) is 3.25. The molecule has 0 aromatic rings. The Morgan fingerprint density at radius 3 is 2.59 bits per heavy atom. The molecule has 0 spiro atoms. The maximum absolute atomic E-state index is 4.13. The Kier molecular flexibility index (Phi) is 6.78. The molecule has 1 heterocycles. The predicted octanol–water partition coefficient (Wildman–Crippen LogP) is 1.57. The van der Waals surface area contributed by atoms with Gasteiger partial charge in [0, 0.05) is 32.2 Å². The van der Waals surface area contributed by atoms with Crippen molar-refractivity contribution < 1.29 is 0 Å². The molecule has 0 aliphatic carbocycles. The molecule has 100 valence electrons. The molecule has 3 nitrogen and oxygen atoms in total. The van der Waals surface area contributed by atoms with Crippen molar-refractivity contribution in [2.45, 2.75) is 32.7 Å². The van der Waals surface area contributed by atoms with Gasteiger partial charge in [-0.3, -0.25) is 0 Å². The first-order chi connectivity index (χ1) is 8.08. The summed E-state index contributed by atoms with van der Waals surface area (Å²) in [6.45, 7) is 15.4. The van der Waals surface area contributed by atoms with Crippen LogP contribution >= 0.6 is 0 Å². The molecule has 0 saturated carbocycles. The predicted molar refractivity (Wildman–Crippen MR) is 75.4 cm³/mol. The Hall–Kier alpha value is -0.380. The largest absolute Gasteiger partial charge is 0.311 e. The van der Waals surface area contributed by atoms with Crippen molar-refractivity contribution in [2.75, 3.05) is 46.3 Å². The van der Waals surface area contributed by atoms with Crippen LogP contribution in [0.25, 0.3) is 0 Å². The van der Waals surface area contributed by atoms with E-state index in [0.717, 1.165) is 19.6 Å². The maximum Gasteiger partial charge on any atom is 0.0200 e. The van der Waals surface area contributed by atoms with Gasteiger partial charge in [0.15, 0.2) is 0 Å². The Balaban J connectivity index is 2.06. The molecular formula is C14H29N3. The molecule has 1 saturated heterocycles. The van der Waals surface area contributed by atoms with Gasteiger partial charge >= 0.3 is 0 Å². The van der Waals surface area contributed by atoms with E-state index in [1.807, 2.05) is 0 Å². The van der Waals surface area contributed by atoms with E-state index in [1.54, 1.807) is 0 Å². The first kappa shape index (κ1) is 14.7. The van der Waals surface area contributed by atoms with Crippen LogP contribution in [0.1, 0.15) is 26.7 Å². The van der Waals surface area contributed by atoms with Gasteiger partial charge in [-0.1, -0.05) is 20.4 Å². The summed E-state index contributed by atoms with van der Waals surface area (Å²) in [4.78, 5) is 4.94. The summed E-state index contributed by atoms with van der Waals surface area (Å²) in [5, 5.41) is 3.41. The number of hydrogen-bond donors (Lipinski definition) is 1. The molecule has 3 heteroatoms. The van der Waals surface area contributed by atoms with Crippen molar-refractivity contribution in [1.82, 2.24) is 15.1 Å². The fourth-order valence-corrected chi connectivity index (χ4v) is 2.18. The van der Waals surface area contributed by atoms with E-state index in [9.17, 15) is 0 Å². The van der Waals surface area contributed by atoms with Crippen LogP contribution in [0, 0.1) is 0 Å². The zero-order valence-corrected chi connectivity index (χ0v) is 11.8. The van der Waals surface area contributed by atoms with E-state index in [2.05, 4.69) is 42.6 Å². The van der Waals surface area contributed by atoms with Gasteiger partial charge in [0.25, 0.3) is 0 Å². The Morgan fingerprint density at radius 1 is 1.35 bits per heavy atom. The van der Waals surface area contributed by atoms with Crippen LogP contribution in [0.15, 0.2) is 12.2 Å². The summed E-state index contributed by atoms with van der Waals surface area (Å²) in [6, 6.07) is 0.543. The maximum atomic E-state index is 4.13. The number of likely N-dealkylation sites (N-methyl/N-ethyl adjacent to an activating group) is 1. The summed E-state index contributed by atoms with van der Waals surface area (Å²) in [5.41, 5.74) is 1.28. The van der Waals surface area contributed by atoms with Crippen LogP contribution < -0.4 is 5.32 Å². The van der Waals surface area contributed by atoms with Crippen molar-refractivity contribution in [2.24, 2.45) is 0 Å². The quantitative estimate of drug-likeness (QED) is 0.649. The normalized spacial score (nSPS) is 17.2. The molecule has 0 radical (unpaired) electrons. The summed E-state index contributed by atoms with van der Waals surface area (Å²) in [6.07, 6.45) is 2.77. The van der Waals surface area contributed by atoms with Gasteiger partial charge in [-0.15, -0.1) is 0 Å². The van der Waals surface area contributed by atoms with E-state index in [4.69, 9.17) is 0 Å². The van der Waals surface area contributed by atoms with Crippen molar-refractivity contribution >= 4 is 0 Å². The van der Waals surface area contributed by atoms with Crippen LogP contribution in [-0.4, -0.2) is 62.2 Å². The summed E-state index contributed by atoms with van der Waals surface area (Å²) < 4.78 is 0. The lowest BCUT2D eigenvalue weighted by molar-refractivity contribution is 0.267. The monoisotopic (exact) mass is 239 g/mol. The first-order valence-corrected chi connectivity index (χ1v) is 6.89. The number of nitrogens with zero attached hydrogens (tertiary/aromatic N) is 2. The Labute approximate surface area is 107 Å². The molecule has 0 aromatic heterocycles. The molecular weight excluding hydrogens is 210 g/mol. The highest BCUT2D eigenvalue weighted by molar-refractivity contribution is 4.99. The van der Waals surface area contributed by atoms with Gasteiger partial charge in [-0.05, 0) is 38.6 Å². The minimum atomic E-state index is 0.543.